The lowest BCUT2D eigenvalue weighted by Gasteiger charge is -2.08. The fraction of sp³-hybridized carbons (Fsp3) is 0.167. The average molecular weight is 324 g/mol. The van der Waals surface area contributed by atoms with E-state index in [1.165, 1.54) is 12.1 Å². The number of halogens is 1. The molecule has 0 aliphatic rings. The van der Waals surface area contributed by atoms with E-state index < -0.39 is 0 Å². The minimum Gasteiger partial charge on any atom is -0.495 e. The molecule has 0 saturated heterocycles. The number of nitrogens with zero attached hydrogens (tertiary/aromatic N) is 3. The molecule has 0 atom stereocenters. The molecule has 6 heteroatoms. The van der Waals surface area contributed by atoms with Crippen LogP contribution in [0.3, 0.4) is 0 Å². The number of nitrogens with one attached hydrogen (secondary N) is 1. The van der Waals surface area contributed by atoms with Crippen LogP contribution >= 0.6 is 0 Å². The quantitative estimate of drug-likeness (QED) is 0.753. The molecule has 0 saturated carbocycles. The van der Waals surface area contributed by atoms with Crippen molar-refractivity contribution in [1.29, 1.82) is 0 Å². The highest BCUT2D eigenvalue weighted by atomic mass is 19.1. The first-order valence-electron chi connectivity index (χ1n) is 7.55. The number of pyridine rings is 1. The fourth-order valence-corrected chi connectivity index (χ4v) is 2.23. The van der Waals surface area contributed by atoms with E-state index in [0.717, 1.165) is 23.4 Å². The Bertz CT molecular complexity index is 808. The molecule has 3 aromatic rings. The average Bonchev–Trinajstić information content (AvgIpc) is 2.64. The Hall–Kier alpha value is -3.02. The molecule has 122 valence electrons. The molecule has 5 nitrogen and oxygen atoms in total. The van der Waals surface area contributed by atoms with Crippen LogP contribution < -0.4 is 10.1 Å². The SMILES string of the molecule is COc1cncc(-c2nccc(NCCc3ccc(F)cc3)n2)c1. The van der Waals surface area contributed by atoms with Crippen LogP contribution in [0, 0.1) is 5.82 Å². The maximum Gasteiger partial charge on any atom is 0.163 e. The molecule has 1 aromatic carbocycles. The number of aromatic nitrogens is 3. The molecule has 2 aromatic heterocycles. The number of benzene rings is 1. The summed E-state index contributed by atoms with van der Waals surface area (Å²) in [6.45, 7) is 0.693. The monoisotopic (exact) mass is 324 g/mol. The van der Waals surface area contributed by atoms with Crippen molar-refractivity contribution in [2.45, 2.75) is 6.42 Å². The molecule has 0 bridgehead atoms. The summed E-state index contributed by atoms with van der Waals surface area (Å²) in [6.07, 6.45) is 5.80. The van der Waals surface area contributed by atoms with Crippen molar-refractivity contribution in [2.75, 3.05) is 19.0 Å². The van der Waals surface area contributed by atoms with Gasteiger partial charge in [-0.2, -0.15) is 0 Å². The van der Waals surface area contributed by atoms with E-state index in [-0.39, 0.29) is 5.82 Å². The second kappa shape index (κ2) is 7.50. The summed E-state index contributed by atoms with van der Waals surface area (Å²) in [6, 6.07) is 10.1. The van der Waals surface area contributed by atoms with Gasteiger partial charge in [0.25, 0.3) is 0 Å². The third-order valence-corrected chi connectivity index (χ3v) is 3.50. The second-order valence-electron chi connectivity index (χ2n) is 5.18. The first-order chi connectivity index (χ1) is 11.7. The molecule has 0 unspecified atom stereocenters. The third kappa shape index (κ3) is 4.04. The van der Waals surface area contributed by atoms with Crippen LogP contribution in [0.4, 0.5) is 10.2 Å². The van der Waals surface area contributed by atoms with Crippen molar-refractivity contribution in [3.05, 3.63) is 66.4 Å². The highest BCUT2D eigenvalue weighted by Crippen LogP contribution is 2.20. The number of hydrogen-bond acceptors (Lipinski definition) is 5. The van der Waals surface area contributed by atoms with Crippen molar-refractivity contribution < 1.29 is 9.13 Å². The highest BCUT2D eigenvalue weighted by Gasteiger charge is 2.05. The number of rotatable bonds is 6. The smallest absolute Gasteiger partial charge is 0.163 e. The number of hydrogen-bond donors (Lipinski definition) is 1. The van der Waals surface area contributed by atoms with Crippen molar-refractivity contribution in [2.24, 2.45) is 0 Å². The van der Waals surface area contributed by atoms with Crippen molar-refractivity contribution >= 4 is 5.82 Å². The summed E-state index contributed by atoms with van der Waals surface area (Å²) in [7, 11) is 1.59. The topological polar surface area (TPSA) is 59.9 Å². The standard InChI is InChI=1S/C18H17FN4O/c1-24-16-10-14(11-20-12-16)18-22-9-7-17(23-18)21-8-6-13-2-4-15(19)5-3-13/h2-5,7,9-12H,6,8H2,1H3,(H,21,22,23). The molecule has 0 radical (unpaired) electrons. The number of ether oxygens (including phenoxy) is 1. The van der Waals surface area contributed by atoms with Gasteiger partial charge in [0.2, 0.25) is 0 Å². The van der Waals surface area contributed by atoms with Crippen molar-refractivity contribution in [3.63, 3.8) is 0 Å². The van der Waals surface area contributed by atoms with Crippen molar-refractivity contribution in [1.82, 2.24) is 15.0 Å². The van der Waals surface area contributed by atoms with Gasteiger partial charge in [0.1, 0.15) is 17.4 Å². The number of anilines is 1. The molecular formula is C18H17FN4O. The van der Waals surface area contributed by atoms with E-state index in [2.05, 4.69) is 20.3 Å². The van der Waals surface area contributed by atoms with Crippen LogP contribution in [-0.2, 0) is 6.42 Å². The van der Waals surface area contributed by atoms with Gasteiger partial charge in [-0.15, -0.1) is 0 Å². The summed E-state index contributed by atoms with van der Waals surface area (Å²) >= 11 is 0. The van der Waals surface area contributed by atoms with Crippen LogP contribution in [0.1, 0.15) is 5.56 Å². The Morgan fingerprint density at radius 1 is 1.12 bits per heavy atom. The Kier molecular flexibility index (Phi) is 4.96. The summed E-state index contributed by atoms with van der Waals surface area (Å²) in [5.74, 6) is 1.74. The van der Waals surface area contributed by atoms with Gasteiger partial charge < -0.3 is 10.1 Å². The second-order valence-corrected chi connectivity index (χ2v) is 5.18. The lowest BCUT2D eigenvalue weighted by molar-refractivity contribution is 0.413. The Labute approximate surface area is 139 Å². The molecule has 0 spiro atoms. The van der Waals surface area contributed by atoms with E-state index in [4.69, 9.17) is 4.74 Å². The lowest BCUT2D eigenvalue weighted by Crippen LogP contribution is -2.07. The molecule has 0 aliphatic heterocycles. The van der Waals surface area contributed by atoms with Gasteiger partial charge in [-0.1, -0.05) is 12.1 Å². The number of methoxy groups -OCH3 is 1. The third-order valence-electron chi connectivity index (χ3n) is 3.50. The molecular weight excluding hydrogens is 307 g/mol. The van der Waals surface area contributed by atoms with E-state index in [9.17, 15) is 4.39 Å². The van der Waals surface area contributed by atoms with Crippen LogP contribution in [0.2, 0.25) is 0 Å². The maximum absolute atomic E-state index is 12.9. The van der Waals surface area contributed by atoms with Gasteiger partial charge in [0.05, 0.1) is 13.3 Å². The van der Waals surface area contributed by atoms with Gasteiger partial charge >= 0.3 is 0 Å². The molecule has 0 amide bonds. The first kappa shape index (κ1) is 15.9. The van der Waals surface area contributed by atoms with Crippen LogP contribution in [0.15, 0.2) is 55.0 Å². The predicted molar refractivity (Wildman–Crippen MR) is 90.4 cm³/mol. The zero-order chi connectivity index (χ0) is 16.8. The predicted octanol–water partition coefficient (Wildman–Crippen LogP) is 3.34. The largest absolute Gasteiger partial charge is 0.495 e. The maximum atomic E-state index is 12.9. The Balaban J connectivity index is 1.65. The highest BCUT2D eigenvalue weighted by molar-refractivity contribution is 5.57. The molecule has 1 N–H and O–H groups in total. The van der Waals surface area contributed by atoms with Gasteiger partial charge in [-0.05, 0) is 36.2 Å². The molecule has 24 heavy (non-hydrogen) atoms. The summed E-state index contributed by atoms with van der Waals surface area (Å²) in [5, 5.41) is 3.25. The minimum absolute atomic E-state index is 0.223. The zero-order valence-corrected chi connectivity index (χ0v) is 13.2. The van der Waals surface area contributed by atoms with Gasteiger partial charge in [-0.25, -0.2) is 14.4 Å². The van der Waals surface area contributed by atoms with Crippen molar-refractivity contribution in [3.8, 4) is 17.1 Å². The first-order valence-corrected chi connectivity index (χ1v) is 7.55. The normalized spacial score (nSPS) is 10.4. The van der Waals surface area contributed by atoms with E-state index in [1.54, 1.807) is 37.8 Å². The molecule has 2 heterocycles. The van der Waals surface area contributed by atoms with Gasteiger partial charge in [0, 0.05) is 24.5 Å². The summed E-state index contributed by atoms with van der Waals surface area (Å²) in [4.78, 5) is 12.9. The Morgan fingerprint density at radius 3 is 2.75 bits per heavy atom. The fourth-order valence-electron chi connectivity index (χ4n) is 2.23. The lowest BCUT2D eigenvalue weighted by atomic mass is 10.1. The Morgan fingerprint density at radius 2 is 1.96 bits per heavy atom. The minimum atomic E-state index is -0.223. The van der Waals surface area contributed by atoms with E-state index in [0.29, 0.717) is 18.1 Å². The van der Waals surface area contributed by atoms with Crippen LogP contribution in [0.25, 0.3) is 11.4 Å². The molecule has 3 rings (SSSR count). The summed E-state index contributed by atoms with van der Waals surface area (Å²) in [5.41, 5.74) is 1.85. The van der Waals surface area contributed by atoms with E-state index in [1.807, 2.05) is 12.1 Å². The molecule has 0 aliphatic carbocycles. The van der Waals surface area contributed by atoms with Gasteiger partial charge in [0.15, 0.2) is 5.82 Å². The van der Waals surface area contributed by atoms with Crippen LogP contribution in [-0.4, -0.2) is 28.6 Å². The zero-order valence-electron chi connectivity index (χ0n) is 13.2. The van der Waals surface area contributed by atoms with E-state index >= 15 is 0 Å². The molecule has 0 fully saturated rings. The van der Waals surface area contributed by atoms with Crippen LogP contribution in [0.5, 0.6) is 5.75 Å². The summed E-state index contributed by atoms with van der Waals surface area (Å²) < 4.78 is 18.1. The van der Waals surface area contributed by atoms with Gasteiger partial charge in [-0.3, -0.25) is 4.98 Å².